The molecule has 2 nitrogen and oxygen atoms in total. The Bertz CT molecular complexity index is 2580. The quantitative estimate of drug-likeness (QED) is 0.132. The van der Waals surface area contributed by atoms with E-state index in [4.69, 9.17) is 0 Å². The SMILES string of the molecule is CC1(C)c2cc(/C=C/c3ccc(N4c5ccccc5[Si]5(CCCC5)c5ccccc54)cc3)ccc2-c2ccc(N3c4ccccc4Cc4ccccc43)cc21. The van der Waals surface area contributed by atoms with E-state index in [9.17, 15) is 0 Å². The van der Waals surface area contributed by atoms with Crippen LogP contribution in [0.1, 0.15) is 60.1 Å². The highest BCUT2D eigenvalue weighted by Crippen LogP contribution is 2.52. The van der Waals surface area contributed by atoms with Crippen LogP contribution >= 0.6 is 0 Å². The predicted molar refractivity (Wildman–Crippen MR) is 235 cm³/mol. The van der Waals surface area contributed by atoms with Crippen LogP contribution in [0.25, 0.3) is 23.3 Å². The molecule has 55 heavy (non-hydrogen) atoms. The van der Waals surface area contributed by atoms with Gasteiger partial charge in [-0.15, -0.1) is 0 Å². The second-order valence-electron chi connectivity index (χ2n) is 16.5. The highest BCUT2D eigenvalue weighted by Gasteiger charge is 2.47. The minimum Gasteiger partial charge on any atom is -0.311 e. The summed E-state index contributed by atoms with van der Waals surface area (Å²) in [4.78, 5) is 4.98. The second kappa shape index (κ2) is 12.3. The number of hydrogen-bond donors (Lipinski definition) is 0. The van der Waals surface area contributed by atoms with E-state index in [1.807, 2.05) is 0 Å². The van der Waals surface area contributed by atoms with Gasteiger partial charge in [0.05, 0.1) is 0 Å². The summed E-state index contributed by atoms with van der Waals surface area (Å²) in [6.45, 7) is 4.78. The third-order valence-electron chi connectivity index (χ3n) is 13.2. The van der Waals surface area contributed by atoms with Gasteiger partial charge in [0.2, 0.25) is 0 Å². The van der Waals surface area contributed by atoms with E-state index in [0.29, 0.717) is 0 Å². The first-order valence-corrected chi connectivity index (χ1v) is 22.4. The second-order valence-corrected chi connectivity index (χ2v) is 20.8. The van der Waals surface area contributed by atoms with E-state index in [0.717, 1.165) is 6.42 Å². The van der Waals surface area contributed by atoms with Crippen molar-refractivity contribution >= 4 is 64.7 Å². The summed E-state index contributed by atoms with van der Waals surface area (Å²) in [5.74, 6) is 0. The molecule has 4 aliphatic rings. The van der Waals surface area contributed by atoms with Gasteiger partial charge in [-0.1, -0.05) is 148 Å². The molecule has 1 aliphatic carbocycles. The number of para-hydroxylation sites is 4. The Morgan fingerprint density at radius 1 is 0.473 bits per heavy atom. The Balaban J connectivity index is 0.891. The largest absolute Gasteiger partial charge is 0.311 e. The number of anilines is 6. The zero-order valence-corrected chi connectivity index (χ0v) is 32.6. The number of fused-ring (bicyclic) bond motifs is 9. The lowest BCUT2D eigenvalue weighted by atomic mass is 9.81. The first-order valence-electron chi connectivity index (χ1n) is 20.0. The van der Waals surface area contributed by atoms with Gasteiger partial charge in [0.1, 0.15) is 8.07 Å². The van der Waals surface area contributed by atoms with Gasteiger partial charge in [-0.3, -0.25) is 0 Å². The summed E-state index contributed by atoms with van der Waals surface area (Å²) in [5, 5.41) is 3.24. The van der Waals surface area contributed by atoms with Crippen LogP contribution in [-0.4, -0.2) is 8.07 Å². The van der Waals surface area contributed by atoms with E-state index in [1.54, 1.807) is 10.4 Å². The molecule has 0 N–H and O–H groups in total. The average Bonchev–Trinajstić information content (AvgIpc) is 3.81. The third kappa shape index (κ3) is 4.92. The van der Waals surface area contributed by atoms with Gasteiger partial charge in [0.25, 0.3) is 0 Å². The molecule has 11 rings (SSSR count). The van der Waals surface area contributed by atoms with Crippen molar-refractivity contribution in [2.24, 2.45) is 0 Å². The van der Waals surface area contributed by atoms with Gasteiger partial charge in [-0.25, -0.2) is 0 Å². The van der Waals surface area contributed by atoms with E-state index in [-0.39, 0.29) is 5.41 Å². The predicted octanol–water partition coefficient (Wildman–Crippen LogP) is 12.7. The molecule has 1 saturated heterocycles. The Morgan fingerprint density at radius 3 is 1.58 bits per heavy atom. The molecule has 3 heterocycles. The number of hydrogen-bond acceptors (Lipinski definition) is 2. The van der Waals surface area contributed by atoms with Crippen LogP contribution in [0.3, 0.4) is 0 Å². The van der Waals surface area contributed by atoms with Crippen LogP contribution < -0.4 is 20.2 Å². The zero-order chi connectivity index (χ0) is 36.7. The zero-order valence-electron chi connectivity index (χ0n) is 31.6. The fourth-order valence-electron chi connectivity index (χ4n) is 10.5. The normalized spacial score (nSPS) is 16.7. The summed E-state index contributed by atoms with van der Waals surface area (Å²) in [6.07, 6.45) is 8.23. The summed E-state index contributed by atoms with van der Waals surface area (Å²) in [5.41, 5.74) is 18.3. The number of rotatable bonds is 4. The first-order chi connectivity index (χ1) is 27.0. The maximum absolute atomic E-state index is 2.52. The summed E-state index contributed by atoms with van der Waals surface area (Å²) < 4.78 is 0. The lowest BCUT2D eigenvalue weighted by Crippen LogP contribution is -2.60. The Labute approximate surface area is 326 Å². The van der Waals surface area contributed by atoms with Gasteiger partial charge < -0.3 is 9.80 Å². The number of nitrogens with zero attached hydrogens (tertiary/aromatic N) is 2. The molecule has 0 aromatic heterocycles. The van der Waals surface area contributed by atoms with Gasteiger partial charge >= 0.3 is 0 Å². The molecule has 7 aromatic carbocycles. The van der Waals surface area contributed by atoms with E-state index in [2.05, 4.69) is 194 Å². The minimum atomic E-state index is -1.73. The van der Waals surface area contributed by atoms with Crippen LogP contribution in [-0.2, 0) is 11.8 Å². The van der Waals surface area contributed by atoms with Gasteiger partial charge in [-0.05, 0) is 116 Å². The van der Waals surface area contributed by atoms with Crippen molar-refractivity contribution in [2.45, 2.75) is 50.6 Å². The molecule has 0 unspecified atom stereocenters. The molecule has 0 radical (unpaired) electrons. The topological polar surface area (TPSA) is 6.48 Å². The first kappa shape index (κ1) is 32.5. The molecule has 0 saturated carbocycles. The molecule has 1 spiro atoms. The third-order valence-corrected chi connectivity index (χ3v) is 18.5. The van der Waals surface area contributed by atoms with Crippen molar-refractivity contribution in [2.75, 3.05) is 9.80 Å². The highest BCUT2D eigenvalue weighted by atomic mass is 28.3. The van der Waals surface area contributed by atoms with E-state index >= 15 is 0 Å². The molecular weight excluding hydrogens is 681 g/mol. The lowest BCUT2D eigenvalue weighted by Gasteiger charge is -2.42. The lowest BCUT2D eigenvalue weighted by molar-refractivity contribution is 0.660. The molecule has 3 heteroatoms. The van der Waals surface area contributed by atoms with Crippen LogP contribution in [0.15, 0.2) is 158 Å². The van der Waals surface area contributed by atoms with Crippen molar-refractivity contribution in [1.82, 2.24) is 0 Å². The summed E-state index contributed by atoms with van der Waals surface area (Å²) >= 11 is 0. The molecule has 266 valence electrons. The van der Waals surface area contributed by atoms with Gasteiger partial charge in [0, 0.05) is 46.0 Å². The Morgan fingerprint density at radius 2 is 0.945 bits per heavy atom. The van der Waals surface area contributed by atoms with Crippen molar-refractivity contribution in [3.8, 4) is 11.1 Å². The molecule has 7 aromatic rings. The molecular formula is C52H44N2Si. The molecule has 0 bridgehead atoms. The number of benzene rings is 7. The van der Waals surface area contributed by atoms with Crippen LogP contribution in [0, 0.1) is 0 Å². The van der Waals surface area contributed by atoms with Gasteiger partial charge in [0.15, 0.2) is 0 Å². The van der Waals surface area contributed by atoms with Crippen LogP contribution in [0.4, 0.5) is 34.1 Å². The molecule has 0 amide bonds. The maximum Gasteiger partial charge on any atom is 0.123 e. The van der Waals surface area contributed by atoms with E-state index in [1.165, 1.54) is 104 Å². The molecule has 1 fully saturated rings. The van der Waals surface area contributed by atoms with Crippen molar-refractivity contribution < 1.29 is 0 Å². The van der Waals surface area contributed by atoms with Crippen molar-refractivity contribution in [3.05, 3.63) is 191 Å². The molecule has 0 atom stereocenters. The fraction of sp³-hybridized carbons (Fsp3) is 0.154. The summed E-state index contributed by atoms with van der Waals surface area (Å²) in [6, 6.07) is 62.3. The van der Waals surface area contributed by atoms with E-state index < -0.39 is 8.07 Å². The highest BCUT2D eigenvalue weighted by molar-refractivity contribution is 7.05. The van der Waals surface area contributed by atoms with Crippen LogP contribution in [0.2, 0.25) is 12.1 Å². The standard InChI is InChI=1S/C52H44N2Si/c1-52(2)44-33-37(25-29-42(44)43-30-28-41(35-45(43)52)54-46-15-5-3-13-38(46)34-39-14-4-6-16-47(39)54)22-21-36-23-26-40(27-24-36)53-48-17-7-9-19-50(48)55(31-11-12-32-55)51-20-10-8-18-49(51)53/h3-10,13-30,33,35H,11-12,31-32,34H2,1-2H3/b22-21+. The summed E-state index contributed by atoms with van der Waals surface area (Å²) in [7, 11) is -1.73. The van der Waals surface area contributed by atoms with Crippen molar-refractivity contribution in [3.63, 3.8) is 0 Å². The average molecular weight is 725 g/mol. The molecule has 3 aliphatic heterocycles. The van der Waals surface area contributed by atoms with Crippen LogP contribution in [0.5, 0.6) is 0 Å². The van der Waals surface area contributed by atoms with Crippen molar-refractivity contribution in [1.29, 1.82) is 0 Å². The smallest absolute Gasteiger partial charge is 0.123 e. The van der Waals surface area contributed by atoms with Gasteiger partial charge in [-0.2, -0.15) is 0 Å². The maximum atomic E-state index is 2.52. The minimum absolute atomic E-state index is 0.123. The Hall–Kier alpha value is -5.90. The fourth-order valence-corrected chi connectivity index (χ4v) is 16.0. The Kier molecular flexibility index (Phi) is 7.28. The monoisotopic (exact) mass is 724 g/mol.